The highest BCUT2D eigenvalue weighted by Gasteiger charge is 2.36. The van der Waals surface area contributed by atoms with Gasteiger partial charge in [0.1, 0.15) is 17.1 Å². The quantitative estimate of drug-likeness (QED) is 0.919. The molecule has 1 aromatic rings. The molecule has 0 radical (unpaired) electrons. The zero-order valence-corrected chi connectivity index (χ0v) is 12.1. The number of allylic oxidation sites excluding steroid dienone is 2. The van der Waals surface area contributed by atoms with E-state index in [1.807, 2.05) is 0 Å². The Hall–Kier alpha value is -2.07. The van der Waals surface area contributed by atoms with Gasteiger partial charge in [0.05, 0.1) is 14.2 Å². The van der Waals surface area contributed by atoms with Crippen LogP contribution in [0.15, 0.2) is 41.5 Å². The van der Waals surface area contributed by atoms with Crippen molar-refractivity contribution >= 4 is 5.78 Å². The van der Waals surface area contributed by atoms with Gasteiger partial charge in [0.25, 0.3) is 0 Å². The van der Waals surface area contributed by atoms with Gasteiger partial charge in [0.2, 0.25) is 0 Å². The highest BCUT2D eigenvalue weighted by Crippen LogP contribution is 2.41. The van der Waals surface area contributed by atoms with E-state index >= 15 is 0 Å². The molecule has 1 aliphatic carbocycles. The molecule has 0 heterocycles. The van der Waals surface area contributed by atoms with E-state index in [4.69, 9.17) is 9.47 Å². The summed E-state index contributed by atoms with van der Waals surface area (Å²) in [4.78, 5) is 11.7. The lowest BCUT2D eigenvalue weighted by Gasteiger charge is -2.31. The molecule has 106 valence electrons. The van der Waals surface area contributed by atoms with E-state index in [1.165, 1.54) is 13.2 Å². The number of hydrogen-bond donors (Lipinski definition) is 1. The fourth-order valence-electron chi connectivity index (χ4n) is 2.32. The zero-order chi connectivity index (χ0) is 14.9. The summed E-state index contributed by atoms with van der Waals surface area (Å²) >= 11 is 0. The number of methoxy groups -OCH3 is 2. The van der Waals surface area contributed by atoms with Crippen LogP contribution in [0.2, 0.25) is 0 Å². The number of carbonyl (C=O) groups is 1. The summed E-state index contributed by atoms with van der Waals surface area (Å²) in [6.45, 7) is 3.41. The third kappa shape index (κ3) is 2.23. The molecule has 0 saturated carbocycles. The third-order valence-corrected chi connectivity index (χ3v) is 3.58. The van der Waals surface area contributed by atoms with Crippen LogP contribution in [0, 0.1) is 0 Å². The van der Waals surface area contributed by atoms with E-state index in [9.17, 15) is 9.90 Å². The number of carbonyl (C=O) groups excluding carboxylic acids is 1. The summed E-state index contributed by atoms with van der Waals surface area (Å²) in [5, 5.41) is 11.0. The van der Waals surface area contributed by atoms with Crippen LogP contribution in [-0.4, -0.2) is 25.1 Å². The number of ether oxygens (including phenoxy) is 2. The predicted octanol–water partition coefficient (Wildman–Crippen LogP) is 2.37. The molecule has 1 unspecified atom stereocenters. The van der Waals surface area contributed by atoms with Crippen molar-refractivity contribution in [2.75, 3.05) is 14.2 Å². The van der Waals surface area contributed by atoms with Crippen molar-refractivity contribution in [3.63, 3.8) is 0 Å². The zero-order valence-electron chi connectivity index (χ0n) is 12.1. The predicted molar refractivity (Wildman–Crippen MR) is 76.0 cm³/mol. The summed E-state index contributed by atoms with van der Waals surface area (Å²) in [5.74, 6) is 1.07. The SMILES string of the molecule is COc1ccc(OC)c(C2(O)C=C(C)C(=O)C=C2C)c1. The van der Waals surface area contributed by atoms with E-state index in [-0.39, 0.29) is 5.78 Å². The molecular formula is C16H18O4. The second kappa shape index (κ2) is 5.13. The highest BCUT2D eigenvalue weighted by atomic mass is 16.5. The maximum absolute atomic E-state index is 11.7. The van der Waals surface area contributed by atoms with Crippen molar-refractivity contribution in [3.8, 4) is 11.5 Å². The molecule has 0 spiro atoms. The summed E-state index contributed by atoms with van der Waals surface area (Å²) in [6, 6.07) is 5.21. The van der Waals surface area contributed by atoms with Crippen molar-refractivity contribution < 1.29 is 19.4 Å². The lowest BCUT2D eigenvalue weighted by Crippen LogP contribution is -2.29. The van der Waals surface area contributed by atoms with Gasteiger partial charge < -0.3 is 14.6 Å². The Morgan fingerprint density at radius 1 is 1.15 bits per heavy atom. The van der Waals surface area contributed by atoms with Gasteiger partial charge >= 0.3 is 0 Å². The second-order valence-corrected chi connectivity index (χ2v) is 4.85. The topological polar surface area (TPSA) is 55.8 Å². The number of benzene rings is 1. The molecule has 4 nitrogen and oxygen atoms in total. The molecule has 1 N–H and O–H groups in total. The number of rotatable bonds is 3. The molecule has 0 fully saturated rings. The van der Waals surface area contributed by atoms with Crippen molar-refractivity contribution in [3.05, 3.63) is 47.1 Å². The van der Waals surface area contributed by atoms with Crippen LogP contribution >= 0.6 is 0 Å². The van der Waals surface area contributed by atoms with Crippen molar-refractivity contribution in [2.45, 2.75) is 19.4 Å². The van der Waals surface area contributed by atoms with E-state index in [0.717, 1.165) is 0 Å². The molecule has 0 amide bonds. The molecule has 1 aliphatic rings. The molecule has 0 aromatic heterocycles. The standard InChI is InChI=1S/C16H18O4/c1-10-9-16(18,11(2)7-14(10)17)13-8-12(19-3)5-6-15(13)20-4/h5-9,18H,1-4H3. The molecule has 20 heavy (non-hydrogen) atoms. The van der Waals surface area contributed by atoms with Crippen LogP contribution < -0.4 is 9.47 Å². The van der Waals surface area contributed by atoms with Crippen LogP contribution in [0.4, 0.5) is 0 Å². The maximum atomic E-state index is 11.7. The first-order valence-electron chi connectivity index (χ1n) is 6.30. The van der Waals surface area contributed by atoms with Crippen molar-refractivity contribution in [1.82, 2.24) is 0 Å². The molecule has 4 heteroatoms. The average Bonchev–Trinajstić information content (AvgIpc) is 2.44. The molecule has 0 bridgehead atoms. The van der Waals surface area contributed by atoms with Crippen LogP contribution in [-0.2, 0) is 10.4 Å². The summed E-state index contributed by atoms with van der Waals surface area (Å²) < 4.78 is 10.5. The van der Waals surface area contributed by atoms with Gasteiger partial charge in [-0.1, -0.05) is 0 Å². The Bertz CT molecular complexity index is 613. The van der Waals surface area contributed by atoms with E-state index in [0.29, 0.717) is 28.2 Å². The van der Waals surface area contributed by atoms with Gasteiger partial charge in [0, 0.05) is 5.56 Å². The smallest absolute Gasteiger partial charge is 0.181 e. The number of ketones is 1. The minimum Gasteiger partial charge on any atom is -0.497 e. The highest BCUT2D eigenvalue weighted by molar-refractivity contribution is 6.05. The molecule has 1 aromatic carbocycles. The van der Waals surface area contributed by atoms with Crippen LogP contribution in [0.25, 0.3) is 0 Å². The summed E-state index contributed by atoms with van der Waals surface area (Å²) in [7, 11) is 3.10. The maximum Gasteiger partial charge on any atom is 0.181 e. The number of aliphatic hydroxyl groups is 1. The first kappa shape index (κ1) is 14.3. The third-order valence-electron chi connectivity index (χ3n) is 3.58. The largest absolute Gasteiger partial charge is 0.497 e. The number of hydrogen-bond acceptors (Lipinski definition) is 4. The molecule has 2 rings (SSSR count). The fourth-order valence-corrected chi connectivity index (χ4v) is 2.32. The lowest BCUT2D eigenvalue weighted by molar-refractivity contribution is -0.111. The van der Waals surface area contributed by atoms with Crippen LogP contribution in [0.5, 0.6) is 11.5 Å². The van der Waals surface area contributed by atoms with Crippen LogP contribution in [0.1, 0.15) is 19.4 Å². The molecular weight excluding hydrogens is 256 g/mol. The Morgan fingerprint density at radius 2 is 1.85 bits per heavy atom. The molecule has 0 saturated heterocycles. The molecule has 0 aliphatic heterocycles. The van der Waals surface area contributed by atoms with Crippen molar-refractivity contribution in [2.24, 2.45) is 0 Å². The van der Waals surface area contributed by atoms with E-state index < -0.39 is 5.60 Å². The second-order valence-electron chi connectivity index (χ2n) is 4.85. The lowest BCUT2D eigenvalue weighted by atomic mass is 9.80. The Balaban J connectivity index is 2.65. The van der Waals surface area contributed by atoms with Gasteiger partial charge in [-0.15, -0.1) is 0 Å². The van der Waals surface area contributed by atoms with Gasteiger partial charge in [0.15, 0.2) is 5.78 Å². The fraction of sp³-hybridized carbons (Fsp3) is 0.312. The normalized spacial score (nSPS) is 22.1. The van der Waals surface area contributed by atoms with E-state index in [1.54, 1.807) is 45.2 Å². The first-order valence-corrected chi connectivity index (χ1v) is 6.30. The Kier molecular flexibility index (Phi) is 3.68. The van der Waals surface area contributed by atoms with Gasteiger partial charge in [-0.25, -0.2) is 0 Å². The summed E-state index contributed by atoms with van der Waals surface area (Å²) in [5.41, 5.74) is 0.250. The monoisotopic (exact) mass is 274 g/mol. The minimum atomic E-state index is -1.36. The first-order chi connectivity index (χ1) is 9.42. The van der Waals surface area contributed by atoms with Gasteiger partial charge in [-0.05, 0) is 55.3 Å². The minimum absolute atomic E-state index is 0.0889. The summed E-state index contributed by atoms with van der Waals surface area (Å²) in [6.07, 6.45) is 3.01. The van der Waals surface area contributed by atoms with Crippen molar-refractivity contribution in [1.29, 1.82) is 0 Å². The van der Waals surface area contributed by atoms with Gasteiger partial charge in [-0.3, -0.25) is 4.79 Å². The van der Waals surface area contributed by atoms with E-state index in [2.05, 4.69) is 0 Å². The molecule has 1 atom stereocenters. The average molecular weight is 274 g/mol. The Labute approximate surface area is 118 Å². The van der Waals surface area contributed by atoms with Crippen LogP contribution in [0.3, 0.4) is 0 Å². The van der Waals surface area contributed by atoms with Gasteiger partial charge in [-0.2, -0.15) is 0 Å². The Morgan fingerprint density at radius 3 is 2.45 bits per heavy atom.